The van der Waals surface area contributed by atoms with Gasteiger partial charge >= 0.3 is 0 Å². The van der Waals surface area contributed by atoms with Gasteiger partial charge in [0, 0.05) is 30.1 Å². The van der Waals surface area contributed by atoms with Gasteiger partial charge in [-0.2, -0.15) is 0 Å². The minimum atomic E-state index is -0.386. The highest BCUT2D eigenvalue weighted by molar-refractivity contribution is 7.99. The zero-order valence-electron chi connectivity index (χ0n) is 20.5. The lowest BCUT2D eigenvalue weighted by atomic mass is 10.0. The van der Waals surface area contributed by atoms with Crippen molar-refractivity contribution in [3.8, 4) is 5.69 Å². The van der Waals surface area contributed by atoms with Crippen LogP contribution in [-0.4, -0.2) is 32.5 Å². The molecule has 3 heterocycles. The topological polar surface area (TPSA) is 55.2 Å². The fourth-order valence-electron chi connectivity index (χ4n) is 4.80. The normalized spacial score (nSPS) is 13.5. The van der Waals surface area contributed by atoms with Gasteiger partial charge in [-0.05, 0) is 53.9 Å². The molecule has 0 amide bonds. The molecule has 8 heteroatoms. The lowest BCUT2D eigenvalue weighted by molar-refractivity contribution is 0.102. The molecule has 0 radical (unpaired) electrons. The molecule has 38 heavy (non-hydrogen) atoms. The van der Waals surface area contributed by atoms with Gasteiger partial charge in [0.2, 0.25) is 0 Å². The smallest absolute Gasteiger partial charge is 0.267 e. The van der Waals surface area contributed by atoms with Crippen molar-refractivity contribution in [2.24, 2.45) is 0 Å². The predicted molar refractivity (Wildman–Crippen MR) is 151 cm³/mol. The van der Waals surface area contributed by atoms with E-state index in [0.29, 0.717) is 26.6 Å². The van der Waals surface area contributed by atoms with E-state index in [0.717, 1.165) is 31.6 Å². The maximum Gasteiger partial charge on any atom is 0.267 e. The number of para-hydroxylation sites is 1. The van der Waals surface area contributed by atoms with Crippen LogP contribution >= 0.6 is 23.1 Å². The number of Topliss-reactive ketones (excluding diaryl/α,β-unsaturated/α-hetero) is 1. The van der Waals surface area contributed by atoms with Crippen LogP contribution in [0.2, 0.25) is 0 Å². The molecule has 0 fully saturated rings. The van der Waals surface area contributed by atoms with Crippen molar-refractivity contribution in [3.63, 3.8) is 0 Å². The number of halogens is 1. The number of thioether (sulfide) groups is 1. The molecule has 5 nitrogen and oxygen atoms in total. The SMILES string of the molecule is O=C(CSc1nc2sc3c(c2c(=O)n1-c1ccccc1)CCN(Cc1ccccc1)C3)c1ccc(F)cc1. The van der Waals surface area contributed by atoms with Crippen LogP contribution in [0, 0.1) is 5.82 Å². The molecule has 190 valence electrons. The molecule has 0 saturated carbocycles. The molecule has 1 aliphatic heterocycles. The number of aromatic nitrogens is 2. The van der Waals surface area contributed by atoms with Gasteiger partial charge in [0.1, 0.15) is 10.6 Å². The predicted octanol–water partition coefficient (Wildman–Crippen LogP) is 6.12. The van der Waals surface area contributed by atoms with E-state index in [9.17, 15) is 14.0 Å². The number of thiophene rings is 1. The fraction of sp³-hybridized carbons (Fsp3) is 0.167. The van der Waals surface area contributed by atoms with Crippen LogP contribution < -0.4 is 5.56 Å². The number of nitrogens with zero attached hydrogens (tertiary/aromatic N) is 3. The molecule has 0 aliphatic carbocycles. The van der Waals surface area contributed by atoms with Crippen LogP contribution in [0.3, 0.4) is 0 Å². The van der Waals surface area contributed by atoms with Gasteiger partial charge in [-0.15, -0.1) is 11.3 Å². The monoisotopic (exact) mass is 541 g/mol. The Morgan fingerprint density at radius 2 is 1.68 bits per heavy atom. The average molecular weight is 542 g/mol. The van der Waals surface area contributed by atoms with E-state index in [4.69, 9.17) is 4.98 Å². The summed E-state index contributed by atoms with van der Waals surface area (Å²) in [4.78, 5) is 36.0. The molecule has 0 spiro atoms. The Bertz CT molecular complexity index is 1670. The van der Waals surface area contributed by atoms with Crippen LogP contribution in [0.15, 0.2) is 94.9 Å². The second kappa shape index (κ2) is 10.6. The molecule has 5 aromatic rings. The molecule has 1 aliphatic rings. The number of fused-ring (bicyclic) bond motifs is 3. The van der Waals surface area contributed by atoms with E-state index in [1.807, 2.05) is 36.4 Å². The Labute approximate surface area is 227 Å². The van der Waals surface area contributed by atoms with E-state index in [-0.39, 0.29) is 22.9 Å². The van der Waals surface area contributed by atoms with Crippen molar-refractivity contribution in [2.45, 2.75) is 24.7 Å². The summed E-state index contributed by atoms with van der Waals surface area (Å²) in [6, 6.07) is 25.3. The second-order valence-electron chi connectivity index (χ2n) is 9.22. The van der Waals surface area contributed by atoms with Crippen LogP contribution in [0.25, 0.3) is 15.9 Å². The highest BCUT2D eigenvalue weighted by Crippen LogP contribution is 2.35. The van der Waals surface area contributed by atoms with Gasteiger partial charge < -0.3 is 0 Å². The van der Waals surface area contributed by atoms with Gasteiger partial charge in [0.05, 0.1) is 16.8 Å². The number of rotatable bonds is 7. The Morgan fingerprint density at radius 3 is 2.42 bits per heavy atom. The van der Waals surface area contributed by atoms with Gasteiger partial charge in [-0.3, -0.25) is 19.1 Å². The first-order valence-electron chi connectivity index (χ1n) is 12.4. The third kappa shape index (κ3) is 4.95. The van der Waals surface area contributed by atoms with E-state index in [1.165, 1.54) is 46.5 Å². The van der Waals surface area contributed by atoms with Crippen LogP contribution in [0.1, 0.15) is 26.4 Å². The summed E-state index contributed by atoms with van der Waals surface area (Å²) >= 11 is 2.80. The van der Waals surface area contributed by atoms with E-state index in [2.05, 4.69) is 29.2 Å². The number of ketones is 1. The van der Waals surface area contributed by atoms with Crippen molar-refractivity contribution in [1.29, 1.82) is 0 Å². The number of hydrogen-bond acceptors (Lipinski definition) is 6. The van der Waals surface area contributed by atoms with Crippen molar-refractivity contribution in [3.05, 3.63) is 123 Å². The summed E-state index contributed by atoms with van der Waals surface area (Å²) < 4.78 is 14.9. The molecule has 2 aromatic heterocycles. The molecule has 0 N–H and O–H groups in total. The van der Waals surface area contributed by atoms with Gasteiger partial charge in [0.25, 0.3) is 5.56 Å². The third-order valence-corrected chi connectivity index (χ3v) is 8.73. The van der Waals surface area contributed by atoms with Crippen molar-refractivity contribution >= 4 is 39.1 Å². The molecular weight excluding hydrogens is 517 g/mol. The maximum absolute atomic E-state index is 14.0. The summed E-state index contributed by atoms with van der Waals surface area (Å²) in [7, 11) is 0. The molecule has 0 unspecified atom stereocenters. The summed E-state index contributed by atoms with van der Waals surface area (Å²) in [6.07, 6.45) is 0.795. The first-order chi connectivity index (χ1) is 18.6. The van der Waals surface area contributed by atoms with E-state index < -0.39 is 0 Å². The zero-order valence-corrected chi connectivity index (χ0v) is 22.1. The summed E-state index contributed by atoms with van der Waals surface area (Å²) in [5.74, 6) is -0.443. The maximum atomic E-state index is 14.0. The first kappa shape index (κ1) is 24.7. The Balaban J connectivity index is 1.35. The van der Waals surface area contributed by atoms with Gasteiger partial charge in [0.15, 0.2) is 10.9 Å². The quantitative estimate of drug-likeness (QED) is 0.141. The molecule has 0 atom stereocenters. The number of hydrogen-bond donors (Lipinski definition) is 0. The van der Waals surface area contributed by atoms with E-state index >= 15 is 0 Å². The number of benzene rings is 3. The lowest BCUT2D eigenvalue weighted by Gasteiger charge is -2.26. The highest BCUT2D eigenvalue weighted by atomic mass is 32.2. The minimum absolute atomic E-state index is 0.0896. The Morgan fingerprint density at radius 1 is 0.974 bits per heavy atom. The standard InChI is InChI=1S/C30H24FN3O2S2/c31-22-13-11-21(12-14-22)25(35)19-37-30-32-28-27(29(36)34(30)23-9-5-2-6-10-23)24-15-16-33(18-26(24)38-28)17-20-7-3-1-4-8-20/h1-14H,15-19H2. The van der Waals surface area contributed by atoms with Crippen LogP contribution in [-0.2, 0) is 19.5 Å². The zero-order chi connectivity index (χ0) is 26.1. The third-order valence-electron chi connectivity index (χ3n) is 6.68. The minimum Gasteiger partial charge on any atom is -0.294 e. The lowest BCUT2D eigenvalue weighted by Crippen LogP contribution is -2.30. The van der Waals surface area contributed by atoms with Crippen molar-refractivity contribution in [1.82, 2.24) is 14.5 Å². The van der Waals surface area contributed by atoms with Crippen molar-refractivity contribution in [2.75, 3.05) is 12.3 Å². The van der Waals surface area contributed by atoms with E-state index in [1.54, 1.807) is 15.9 Å². The second-order valence-corrected chi connectivity index (χ2v) is 11.2. The number of carbonyl (C=O) groups excluding carboxylic acids is 1. The van der Waals surface area contributed by atoms with Crippen LogP contribution in [0.4, 0.5) is 4.39 Å². The molecule has 0 bridgehead atoms. The summed E-state index contributed by atoms with van der Waals surface area (Å²) in [5.41, 5.74) is 3.40. The fourth-order valence-corrected chi connectivity index (χ4v) is 7.01. The Kier molecular flexibility index (Phi) is 6.93. The summed E-state index contributed by atoms with van der Waals surface area (Å²) in [6.45, 7) is 2.52. The highest BCUT2D eigenvalue weighted by Gasteiger charge is 2.26. The molecule has 6 rings (SSSR count). The van der Waals surface area contributed by atoms with Gasteiger partial charge in [-0.1, -0.05) is 60.3 Å². The largest absolute Gasteiger partial charge is 0.294 e. The van der Waals surface area contributed by atoms with Crippen molar-refractivity contribution < 1.29 is 9.18 Å². The van der Waals surface area contributed by atoms with Gasteiger partial charge in [-0.25, -0.2) is 9.37 Å². The average Bonchev–Trinajstić information content (AvgIpc) is 3.31. The molecule has 0 saturated heterocycles. The van der Waals surface area contributed by atoms with Crippen LogP contribution in [0.5, 0.6) is 0 Å². The molecule has 3 aromatic carbocycles. The summed E-state index contributed by atoms with van der Waals surface area (Å²) in [5, 5.41) is 1.16. The Hall–Kier alpha value is -3.59. The number of carbonyl (C=O) groups is 1. The molecular formula is C30H24FN3O2S2. The first-order valence-corrected chi connectivity index (χ1v) is 14.2.